The molecule has 0 radical (unpaired) electrons. The smallest absolute Gasteiger partial charge is 0.357 e. The molecule has 17 nitrogen and oxygen atoms in total. The molecule has 2 aromatic rings. The first kappa shape index (κ1) is 51.6. The zero-order valence-electron chi connectivity index (χ0n) is 38.6. The van der Waals surface area contributed by atoms with Gasteiger partial charge in [-0.05, 0) is 62.9 Å². The third-order valence-electron chi connectivity index (χ3n) is 11.4. The van der Waals surface area contributed by atoms with Crippen molar-refractivity contribution < 1.29 is 53.5 Å². The summed E-state index contributed by atoms with van der Waals surface area (Å²) in [4.78, 5) is 7.38. The highest BCUT2D eigenvalue weighted by Crippen LogP contribution is 2.39. The van der Waals surface area contributed by atoms with Gasteiger partial charge in [0.2, 0.25) is 0 Å². The molecule has 0 unspecified atom stereocenters. The largest absolute Gasteiger partial charge is 0.490 e. The van der Waals surface area contributed by atoms with E-state index in [1.807, 2.05) is 62.5 Å². The average Bonchev–Trinajstić information content (AvgIpc) is 3.17. The van der Waals surface area contributed by atoms with Crippen molar-refractivity contribution >= 4 is 61.4 Å². The van der Waals surface area contributed by atoms with Gasteiger partial charge in [-0.3, -0.25) is 13.5 Å². The van der Waals surface area contributed by atoms with E-state index in [0.717, 1.165) is 33.6 Å². The molecule has 1 aliphatic carbocycles. The van der Waals surface area contributed by atoms with E-state index in [9.17, 15) is 22.4 Å². The van der Waals surface area contributed by atoms with Gasteiger partial charge in [0.15, 0.2) is 0 Å². The second kappa shape index (κ2) is 21.7. The van der Waals surface area contributed by atoms with Crippen LogP contribution >= 0.6 is 0 Å². The topological polar surface area (TPSA) is 203 Å². The van der Waals surface area contributed by atoms with Crippen LogP contribution in [0.15, 0.2) is 70.7 Å². The zero-order valence-corrected chi connectivity index (χ0v) is 41.3. The lowest BCUT2D eigenvalue weighted by Gasteiger charge is -2.37. The second-order valence-electron chi connectivity index (χ2n) is 18.2. The van der Waals surface area contributed by atoms with Gasteiger partial charge in [-0.15, -0.1) is 0 Å². The lowest BCUT2D eigenvalue weighted by Crippen LogP contribution is -2.58. The van der Waals surface area contributed by atoms with Crippen molar-refractivity contribution in [2.45, 2.75) is 25.9 Å². The number of ether oxygens (including phenoxy) is 3. The predicted molar refractivity (Wildman–Crippen MR) is 253 cm³/mol. The summed E-state index contributed by atoms with van der Waals surface area (Å²) in [6.45, 7) is 8.71. The number of allylic oxidation sites excluding steroid dienone is 2. The average molecular weight is 935 g/mol. The number of nitrogens with zero attached hydrogens (tertiary/aromatic N) is 7. The number of hydrogen-bond donors (Lipinski definition) is 2. The zero-order chi connectivity index (χ0) is 46.8. The Hall–Kier alpha value is -4.08. The summed E-state index contributed by atoms with van der Waals surface area (Å²) >= 11 is 0. The van der Waals surface area contributed by atoms with Gasteiger partial charge < -0.3 is 33.0 Å². The van der Waals surface area contributed by atoms with E-state index in [2.05, 4.69) is 69.3 Å². The van der Waals surface area contributed by atoms with Gasteiger partial charge in [0.25, 0.3) is 26.8 Å². The number of anilines is 2. The van der Waals surface area contributed by atoms with Gasteiger partial charge in [-0.1, -0.05) is 30.3 Å². The standard InChI is InChI=1S/C43H66N7O10S2Si/c1-47(2)33-13-15-35-41(29-33)63(9,10)42-30-34(48(3)4)14-16-36(42)43(35)37-31-38(45-46-44)40(60-26-24-58-22-20-50(7,8)18-12-28-62(54,55)56)32-39(37)59-25-23-57-21-19-49(5,6)17-11-27-61(51,52)53/h13-16,29-32H,11-12,17-28H2,1-10H3/q+1/p+2. The van der Waals surface area contributed by atoms with Crippen molar-refractivity contribution in [3.8, 4) is 0 Å². The molecule has 0 spiro atoms. The number of ketones is 1. The molecule has 0 saturated carbocycles. The minimum Gasteiger partial charge on any atom is -0.490 e. The van der Waals surface area contributed by atoms with E-state index >= 15 is 0 Å². The number of fused-ring (bicyclic) bond motifs is 2. The molecule has 2 aliphatic rings. The first-order chi connectivity index (χ1) is 29.3. The van der Waals surface area contributed by atoms with Crippen LogP contribution in [0.5, 0.6) is 0 Å². The van der Waals surface area contributed by atoms with E-state index in [1.165, 1.54) is 10.4 Å². The second-order valence-corrected chi connectivity index (χ2v) is 25.7. The fraction of sp³-hybridized carbons (Fsp3) is 0.558. The first-order valence-electron chi connectivity index (χ1n) is 21.0. The van der Waals surface area contributed by atoms with Crippen molar-refractivity contribution in [2.75, 3.05) is 144 Å². The molecule has 1 aliphatic heterocycles. The Labute approximate surface area is 375 Å². The van der Waals surface area contributed by atoms with Crippen LogP contribution in [0.1, 0.15) is 24.0 Å². The first-order valence-corrected chi connectivity index (χ1v) is 27.3. The highest BCUT2D eigenvalue weighted by atomic mass is 32.2. The van der Waals surface area contributed by atoms with Crippen molar-refractivity contribution in [3.63, 3.8) is 0 Å². The molecular formula is C43H68N7O10S2Si+3. The van der Waals surface area contributed by atoms with Gasteiger partial charge in [-0.2, -0.15) is 16.8 Å². The molecule has 0 bridgehead atoms. The van der Waals surface area contributed by atoms with E-state index in [-0.39, 0.29) is 43.6 Å². The maximum atomic E-state index is 11.2. The number of likely N-dealkylation sites (N-methyl/N-ethyl adjacent to an activating group) is 2. The molecule has 0 aromatic heterocycles. The van der Waals surface area contributed by atoms with Gasteiger partial charge in [-0.25, -0.2) is 0 Å². The van der Waals surface area contributed by atoms with Crippen LogP contribution in [-0.4, -0.2) is 182 Å². The number of carbonyl (C=O) groups excluding carboxylic acids is 1. The van der Waals surface area contributed by atoms with Crippen LogP contribution in [0.25, 0.3) is 16.0 Å². The van der Waals surface area contributed by atoms with Crippen LogP contribution in [0.2, 0.25) is 13.1 Å². The minimum absolute atomic E-state index is 0.146. The maximum absolute atomic E-state index is 11.2. The number of quaternary nitrogens is 2. The quantitative estimate of drug-likeness (QED) is 0.0227. The summed E-state index contributed by atoms with van der Waals surface area (Å²) in [6, 6.07) is 13.1. The third-order valence-corrected chi connectivity index (χ3v) is 16.5. The van der Waals surface area contributed by atoms with Gasteiger partial charge in [0.05, 0.1) is 78.7 Å². The highest BCUT2D eigenvalue weighted by molar-refractivity contribution is 7.86. The van der Waals surface area contributed by atoms with Crippen LogP contribution in [0.3, 0.4) is 0 Å². The Bertz CT molecular complexity index is 2290. The van der Waals surface area contributed by atoms with Gasteiger partial charge >= 0.3 is 5.78 Å². The summed E-state index contributed by atoms with van der Waals surface area (Å²) in [6.07, 6.45) is 4.24. The molecule has 4 rings (SSSR count). The predicted octanol–water partition coefficient (Wildman–Crippen LogP) is 3.71. The molecule has 63 heavy (non-hydrogen) atoms. The molecule has 0 amide bonds. The Morgan fingerprint density at radius 1 is 0.730 bits per heavy atom. The SMILES string of the molecule is CN(C)c1ccc2c(c1)[Si](C)(C)c1cc(N(C)C)ccc1C2=C1C=C(N=[N+]=[N-])C(=[O+]CCOCC[N+](C)(C)CCCS(=O)(=O)O)C=C1OCCOCC[N+](C)(C)CCCS(=O)(=O)O. The van der Waals surface area contributed by atoms with E-state index < -0.39 is 28.3 Å². The Balaban J connectivity index is 1.68. The van der Waals surface area contributed by atoms with Crippen molar-refractivity contribution in [3.05, 3.63) is 87.1 Å². The lowest BCUT2D eigenvalue weighted by atomic mass is 9.88. The summed E-state index contributed by atoms with van der Waals surface area (Å²) in [7, 11) is 5.72. The fourth-order valence-electron chi connectivity index (χ4n) is 7.60. The molecule has 20 heteroatoms. The van der Waals surface area contributed by atoms with E-state index in [0.29, 0.717) is 72.7 Å². The van der Waals surface area contributed by atoms with Crippen LogP contribution < -0.4 is 20.2 Å². The summed E-state index contributed by atoms with van der Waals surface area (Å²) in [5, 5.41) is 6.63. The lowest BCUT2D eigenvalue weighted by molar-refractivity contribution is -0.890. The normalized spacial score (nSPS) is 15.9. The molecule has 0 saturated heterocycles. The summed E-state index contributed by atoms with van der Waals surface area (Å²) < 4.78 is 88.7. The van der Waals surface area contributed by atoms with E-state index in [1.54, 1.807) is 6.08 Å². The Morgan fingerprint density at radius 3 is 1.68 bits per heavy atom. The monoisotopic (exact) mass is 934 g/mol. The molecule has 0 atom stereocenters. The maximum Gasteiger partial charge on any atom is 0.357 e. The van der Waals surface area contributed by atoms with Crippen molar-refractivity contribution in [1.82, 2.24) is 0 Å². The molecule has 0 fully saturated rings. The molecule has 1 heterocycles. The van der Waals surface area contributed by atoms with E-state index in [4.69, 9.17) is 27.7 Å². The number of hydrogen-bond acceptors (Lipinski definition) is 10. The van der Waals surface area contributed by atoms with Crippen LogP contribution in [0, 0.1) is 0 Å². The molecule has 2 N–H and O–H groups in total. The van der Waals surface area contributed by atoms with Crippen LogP contribution in [-0.2, 0) is 38.9 Å². The molecular weight excluding hydrogens is 867 g/mol. The number of rotatable bonds is 24. The van der Waals surface area contributed by atoms with Crippen molar-refractivity contribution in [1.29, 1.82) is 0 Å². The fourth-order valence-corrected chi connectivity index (χ4v) is 11.7. The Kier molecular flexibility index (Phi) is 17.8. The van der Waals surface area contributed by atoms with Gasteiger partial charge in [0, 0.05) is 62.9 Å². The Morgan fingerprint density at radius 2 is 1.22 bits per heavy atom. The number of azide groups is 1. The highest BCUT2D eigenvalue weighted by Gasteiger charge is 2.40. The summed E-state index contributed by atoms with van der Waals surface area (Å²) in [5.41, 5.74) is 16.1. The van der Waals surface area contributed by atoms with Gasteiger partial charge in [0.1, 0.15) is 45.8 Å². The third kappa shape index (κ3) is 15.3. The van der Waals surface area contributed by atoms with Crippen molar-refractivity contribution in [2.24, 2.45) is 5.11 Å². The summed E-state index contributed by atoms with van der Waals surface area (Å²) in [5.74, 6) is 0.256. The molecule has 348 valence electrons. The molecule has 2 aromatic carbocycles. The minimum atomic E-state index is -4.02. The number of benzene rings is 2. The van der Waals surface area contributed by atoms with Crippen LogP contribution in [0.4, 0.5) is 11.4 Å².